The zero-order valence-corrected chi connectivity index (χ0v) is 17.6. The van der Waals surface area contributed by atoms with E-state index in [1.165, 1.54) is 0 Å². The molecule has 0 spiro atoms. The highest BCUT2D eigenvalue weighted by Gasteiger charge is 2.33. The van der Waals surface area contributed by atoms with E-state index in [-0.39, 0.29) is 23.7 Å². The first-order valence-corrected chi connectivity index (χ1v) is 11.2. The minimum absolute atomic E-state index is 0.0140. The third-order valence-corrected chi connectivity index (χ3v) is 6.99. The number of hydrogen-bond acceptors (Lipinski definition) is 6. The second kappa shape index (κ2) is 8.57. The molecule has 0 radical (unpaired) electrons. The lowest BCUT2D eigenvalue weighted by Gasteiger charge is -2.37. The van der Waals surface area contributed by atoms with Crippen molar-refractivity contribution in [3.05, 3.63) is 18.2 Å². The summed E-state index contributed by atoms with van der Waals surface area (Å²) in [5.41, 5.74) is 6.38. The molecule has 1 aromatic carbocycles. The number of thiazole rings is 1. The van der Waals surface area contributed by atoms with Gasteiger partial charge in [-0.2, -0.15) is 0 Å². The number of benzene rings is 1. The molecule has 2 aliphatic rings. The number of fused-ring (bicyclic) bond motifs is 1. The van der Waals surface area contributed by atoms with E-state index < -0.39 is 0 Å². The lowest BCUT2D eigenvalue weighted by molar-refractivity contribution is -0.138. The van der Waals surface area contributed by atoms with Crippen molar-refractivity contribution < 1.29 is 14.3 Å². The highest BCUT2D eigenvalue weighted by Crippen LogP contribution is 2.34. The minimum Gasteiger partial charge on any atom is -0.494 e. The number of amides is 2. The van der Waals surface area contributed by atoms with E-state index in [0.29, 0.717) is 39.1 Å². The van der Waals surface area contributed by atoms with Crippen LogP contribution in [0.25, 0.3) is 10.2 Å². The number of ether oxygens (including phenoxy) is 1. The van der Waals surface area contributed by atoms with Crippen LogP contribution in [0.15, 0.2) is 18.2 Å². The molecular weight excluding hydrogens is 388 g/mol. The summed E-state index contributed by atoms with van der Waals surface area (Å²) >= 11 is 1.66. The molecule has 0 bridgehead atoms. The Morgan fingerprint density at radius 1 is 1.21 bits per heavy atom. The Labute approximate surface area is 174 Å². The van der Waals surface area contributed by atoms with E-state index in [1.54, 1.807) is 11.3 Å². The molecule has 8 heteroatoms. The number of nitrogens with zero attached hydrogens (tertiary/aromatic N) is 3. The standard InChI is InChI=1S/C21H28N4O3S/c1-2-28-16-5-6-17-18(12-16)29-21(23-17)25-9-3-4-15(13-25)20(27)24-10-7-14(8-11-24)19(22)26/h5-6,12,14-15H,2-4,7-11,13H2,1H3,(H2,22,26)/t15-/m1/s1. The van der Waals surface area contributed by atoms with Gasteiger partial charge in [-0.15, -0.1) is 0 Å². The lowest BCUT2D eigenvalue weighted by Crippen LogP contribution is -2.48. The lowest BCUT2D eigenvalue weighted by atomic mass is 9.92. The maximum absolute atomic E-state index is 13.0. The van der Waals surface area contributed by atoms with E-state index in [9.17, 15) is 9.59 Å². The van der Waals surface area contributed by atoms with Crippen LogP contribution in [0.1, 0.15) is 32.6 Å². The summed E-state index contributed by atoms with van der Waals surface area (Å²) in [6.07, 6.45) is 3.24. The zero-order valence-electron chi connectivity index (χ0n) is 16.8. The summed E-state index contributed by atoms with van der Waals surface area (Å²) in [5.74, 6) is 0.717. The van der Waals surface area contributed by atoms with Crippen molar-refractivity contribution in [2.75, 3.05) is 37.7 Å². The van der Waals surface area contributed by atoms with Gasteiger partial charge in [0.05, 0.1) is 22.7 Å². The number of primary amides is 1. The quantitative estimate of drug-likeness (QED) is 0.809. The predicted molar refractivity (Wildman–Crippen MR) is 114 cm³/mol. The Kier molecular flexibility index (Phi) is 5.89. The van der Waals surface area contributed by atoms with E-state index in [2.05, 4.69) is 4.90 Å². The predicted octanol–water partition coefficient (Wildman–Crippen LogP) is 2.64. The minimum atomic E-state index is -0.246. The van der Waals surface area contributed by atoms with Crippen LogP contribution in [-0.4, -0.2) is 54.5 Å². The van der Waals surface area contributed by atoms with Crippen LogP contribution in [0.3, 0.4) is 0 Å². The van der Waals surface area contributed by atoms with Crippen LogP contribution in [0.2, 0.25) is 0 Å². The van der Waals surface area contributed by atoms with Gasteiger partial charge in [-0.1, -0.05) is 11.3 Å². The number of nitrogens with two attached hydrogens (primary N) is 1. The van der Waals surface area contributed by atoms with Gasteiger partial charge >= 0.3 is 0 Å². The van der Waals surface area contributed by atoms with Crippen LogP contribution in [0.5, 0.6) is 5.75 Å². The Morgan fingerprint density at radius 2 is 2.00 bits per heavy atom. The number of likely N-dealkylation sites (tertiary alicyclic amines) is 1. The molecule has 156 valence electrons. The van der Waals surface area contributed by atoms with Gasteiger partial charge in [0.25, 0.3) is 0 Å². The molecule has 2 N–H and O–H groups in total. The Hall–Kier alpha value is -2.35. The highest BCUT2D eigenvalue weighted by molar-refractivity contribution is 7.22. The van der Waals surface area contributed by atoms with Crippen molar-refractivity contribution in [2.24, 2.45) is 17.6 Å². The number of anilines is 1. The van der Waals surface area contributed by atoms with Crippen molar-refractivity contribution >= 4 is 38.5 Å². The number of hydrogen-bond donors (Lipinski definition) is 1. The fraction of sp³-hybridized carbons (Fsp3) is 0.571. The number of carbonyl (C=O) groups excluding carboxylic acids is 2. The number of carbonyl (C=O) groups is 2. The van der Waals surface area contributed by atoms with Gasteiger partial charge in [0.15, 0.2) is 5.13 Å². The first-order chi connectivity index (χ1) is 14.0. The number of piperidine rings is 2. The molecule has 2 aliphatic heterocycles. The molecule has 0 unspecified atom stereocenters. The number of aromatic nitrogens is 1. The van der Waals surface area contributed by atoms with Gasteiger partial charge in [-0.05, 0) is 50.8 Å². The first kappa shape index (κ1) is 19.9. The van der Waals surface area contributed by atoms with Gasteiger partial charge in [0.2, 0.25) is 11.8 Å². The maximum atomic E-state index is 13.0. The molecule has 2 aromatic rings. The third-order valence-electron chi connectivity index (χ3n) is 5.91. The van der Waals surface area contributed by atoms with Gasteiger partial charge in [-0.25, -0.2) is 4.98 Å². The van der Waals surface area contributed by atoms with Gasteiger partial charge < -0.3 is 20.3 Å². The second-order valence-corrected chi connectivity index (χ2v) is 8.86. The molecule has 0 saturated carbocycles. The largest absolute Gasteiger partial charge is 0.494 e. The summed E-state index contributed by atoms with van der Waals surface area (Å²) < 4.78 is 6.70. The normalized spacial score (nSPS) is 20.8. The van der Waals surface area contributed by atoms with Crippen molar-refractivity contribution in [3.8, 4) is 5.75 Å². The molecule has 7 nitrogen and oxygen atoms in total. The Morgan fingerprint density at radius 3 is 2.72 bits per heavy atom. The second-order valence-electron chi connectivity index (χ2n) is 7.85. The van der Waals surface area contributed by atoms with Crippen molar-refractivity contribution in [3.63, 3.8) is 0 Å². The summed E-state index contributed by atoms with van der Waals surface area (Å²) in [6.45, 7) is 5.50. The summed E-state index contributed by atoms with van der Waals surface area (Å²) in [5, 5.41) is 0.971. The van der Waals surface area contributed by atoms with Crippen molar-refractivity contribution in [1.82, 2.24) is 9.88 Å². The summed E-state index contributed by atoms with van der Waals surface area (Å²) in [6, 6.07) is 5.98. The molecule has 1 atom stereocenters. The molecule has 29 heavy (non-hydrogen) atoms. The van der Waals surface area contributed by atoms with E-state index in [0.717, 1.165) is 40.5 Å². The number of rotatable bonds is 5. The van der Waals surface area contributed by atoms with Gasteiger partial charge in [0, 0.05) is 32.1 Å². The SMILES string of the molecule is CCOc1ccc2nc(N3CCC[C@@H](C(=O)N4CCC(C(N)=O)CC4)C3)sc2c1. The third kappa shape index (κ3) is 4.32. The van der Waals surface area contributed by atoms with Crippen LogP contribution < -0.4 is 15.4 Å². The molecule has 2 saturated heterocycles. The monoisotopic (exact) mass is 416 g/mol. The first-order valence-electron chi connectivity index (χ1n) is 10.4. The molecular formula is C21H28N4O3S. The van der Waals surface area contributed by atoms with Crippen LogP contribution in [-0.2, 0) is 9.59 Å². The zero-order chi connectivity index (χ0) is 20.4. The molecule has 4 rings (SSSR count). The fourth-order valence-corrected chi connectivity index (χ4v) is 5.31. The van der Waals surface area contributed by atoms with Gasteiger partial charge in [-0.3, -0.25) is 9.59 Å². The fourth-order valence-electron chi connectivity index (χ4n) is 4.28. The Balaban J connectivity index is 1.42. The van der Waals surface area contributed by atoms with Crippen molar-refractivity contribution in [2.45, 2.75) is 32.6 Å². The average molecular weight is 417 g/mol. The maximum Gasteiger partial charge on any atom is 0.227 e. The van der Waals surface area contributed by atoms with Crippen LogP contribution in [0, 0.1) is 11.8 Å². The molecule has 1 aromatic heterocycles. The molecule has 3 heterocycles. The highest BCUT2D eigenvalue weighted by atomic mass is 32.1. The summed E-state index contributed by atoms with van der Waals surface area (Å²) in [4.78, 5) is 33.4. The van der Waals surface area contributed by atoms with Crippen molar-refractivity contribution in [1.29, 1.82) is 0 Å². The molecule has 2 amide bonds. The molecule has 0 aliphatic carbocycles. The van der Waals surface area contributed by atoms with E-state index in [1.807, 2.05) is 30.0 Å². The van der Waals surface area contributed by atoms with E-state index in [4.69, 9.17) is 15.5 Å². The van der Waals surface area contributed by atoms with Gasteiger partial charge in [0.1, 0.15) is 5.75 Å². The Bertz CT molecular complexity index is 891. The smallest absolute Gasteiger partial charge is 0.227 e. The topological polar surface area (TPSA) is 88.8 Å². The van der Waals surface area contributed by atoms with E-state index >= 15 is 0 Å². The van der Waals surface area contributed by atoms with Crippen LogP contribution in [0.4, 0.5) is 5.13 Å². The van der Waals surface area contributed by atoms with Crippen LogP contribution >= 0.6 is 11.3 Å². The molecule has 2 fully saturated rings. The summed E-state index contributed by atoms with van der Waals surface area (Å²) in [7, 11) is 0. The average Bonchev–Trinajstić information content (AvgIpc) is 3.17.